The molecule has 114 valence electrons. The maximum Gasteiger partial charge on any atom is 0.326 e. The summed E-state index contributed by atoms with van der Waals surface area (Å²) in [5.74, 6) is -1.25. The molecule has 0 bridgehead atoms. The van der Waals surface area contributed by atoms with E-state index < -0.39 is 12.0 Å². The first kappa shape index (κ1) is 14.3. The summed E-state index contributed by atoms with van der Waals surface area (Å²) in [7, 11) is 0. The van der Waals surface area contributed by atoms with Gasteiger partial charge < -0.3 is 10.0 Å². The van der Waals surface area contributed by atoms with Crippen LogP contribution in [-0.4, -0.2) is 44.7 Å². The number of rotatable bonds is 3. The SMILES string of the molecule is Cc1c(-c2ccccc2)n[nH]c1C(=O)N1CCC[C@@H]1C(=O)O. The van der Waals surface area contributed by atoms with Gasteiger partial charge in [0.2, 0.25) is 0 Å². The van der Waals surface area contributed by atoms with Crippen molar-refractivity contribution < 1.29 is 14.7 Å². The number of carboxylic acids is 1. The zero-order valence-electron chi connectivity index (χ0n) is 12.2. The van der Waals surface area contributed by atoms with Gasteiger partial charge in [0.1, 0.15) is 11.7 Å². The summed E-state index contributed by atoms with van der Waals surface area (Å²) in [5.41, 5.74) is 2.75. The second-order valence-electron chi connectivity index (χ2n) is 5.43. The highest BCUT2D eigenvalue weighted by molar-refractivity contribution is 5.97. The fourth-order valence-electron chi connectivity index (χ4n) is 2.89. The molecular formula is C16H17N3O3. The second kappa shape index (κ2) is 5.63. The lowest BCUT2D eigenvalue weighted by Crippen LogP contribution is -2.40. The average Bonchev–Trinajstić information content (AvgIpc) is 3.14. The molecule has 1 aromatic heterocycles. The van der Waals surface area contributed by atoms with E-state index in [1.807, 2.05) is 37.3 Å². The zero-order valence-corrected chi connectivity index (χ0v) is 12.2. The highest BCUT2D eigenvalue weighted by atomic mass is 16.4. The van der Waals surface area contributed by atoms with Crippen molar-refractivity contribution in [2.75, 3.05) is 6.54 Å². The van der Waals surface area contributed by atoms with Crippen LogP contribution in [0.2, 0.25) is 0 Å². The topological polar surface area (TPSA) is 86.3 Å². The zero-order chi connectivity index (χ0) is 15.7. The Morgan fingerprint density at radius 3 is 2.73 bits per heavy atom. The smallest absolute Gasteiger partial charge is 0.326 e. The molecule has 0 radical (unpaired) electrons. The standard InChI is InChI=1S/C16H17N3O3/c1-10-13(11-6-3-2-4-7-11)17-18-14(10)15(20)19-9-5-8-12(19)16(21)22/h2-4,6-7,12H,5,8-9H2,1H3,(H,17,18)(H,21,22)/t12-/m1/s1. The third kappa shape index (κ3) is 2.36. The van der Waals surface area contributed by atoms with Crippen molar-refractivity contribution >= 4 is 11.9 Å². The predicted molar refractivity (Wildman–Crippen MR) is 80.5 cm³/mol. The van der Waals surface area contributed by atoms with Crippen molar-refractivity contribution in [1.82, 2.24) is 15.1 Å². The van der Waals surface area contributed by atoms with Gasteiger partial charge in [-0.1, -0.05) is 30.3 Å². The number of likely N-dealkylation sites (tertiary alicyclic amines) is 1. The van der Waals surface area contributed by atoms with Gasteiger partial charge in [-0.05, 0) is 19.8 Å². The molecule has 1 aliphatic heterocycles. The average molecular weight is 299 g/mol. The first-order valence-electron chi connectivity index (χ1n) is 7.23. The van der Waals surface area contributed by atoms with E-state index in [2.05, 4.69) is 10.2 Å². The Hall–Kier alpha value is -2.63. The number of hydrogen-bond donors (Lipinski definition) is 2. The van der Waals surface area contributed by atoms with Gasteiger partial charge in [0.25, 0.3) is 5.91 Å². The molecular weight excluding hydrogens is 282 g/mol. The van der Waals surface area contributed by atoms with Gasteiger partial charge in [-0.15, -0.1) is 0 Å². The molecule has 2 N–H and O–H groups in total. The van der Waals surface area contributed by atoms with E-state index >= 15 is 0 Å². The number of carbonyl (C=O) groups is 2. The number of aromatic amines is 1. The van der Waals surface area contributed by atoms with E-state index in [1.165, 1.54) is 4.90 Å². The maximum absolute atomic E-state index is 12.6. The van der Waals surface area contributed by atoms with Crippen molar-refractivity contribution in [2.24, 2.45) is 0 Å². The summed E-state index contributed by atoms with van der Waals surface area (Å²) < 4.78 is 0. The van der Waals surface area contributed by atoms with Crippen molar-refractivity contribution in [3.8, 4) is 11.3 Å². The number of benzene rings is 1. The molecule has 1 aliphatic rings. The molecule has 0 aliphatic carbocycles. The van der Waals surface area contributed by atoms with Gasteiger partial charge >= 0.3 is 5.97 Å². The fraction of sp³-hybridized carbons (Fsp3) is 0.312. The van der Waals surface area contributed by atoms with Crippen LogP contribution in [0, 0.1) is 6.92 Å². The molecule has 2 heterocycles. The number of carbonyl (C=O) groups excluding carboxylic acids is 1. The molecule has 1 saturated heterocycles. The fourth-order valence-corrected chi connectivity index (χ4v) is 2.89. The monoisotopic (exact) mass is 299 g/mol. The first-order valence-corrected chi connectivity index (χ1v) is 7.23. The number of carboxylic acid groups (broad SMARTS) is 1. The van der Waals surface area contributed by atoms with Crippen molar-refractivity contribution in [3.63, 3.8) is 0 Å². The van der Waals surface area contributed by atoms with Crippen LogP contribution in [-0.2, 0) is 4.79 Å². The summed E-state index contributed by atoms with van der Waals surface area (Å²) in [5, 5.41) is 16.2. The van der Waals surface area contributed by atoms with Gasteiger partial charge in [-0.3, -0.25) is 9.89 Å². The molecule has 0 saturated carbocycles. The van der Waals surface area contributed by atoms with Gasteiger partial charge in [0, 0.05) is 17.7 Å². The van der Waals surface area contributed by atoms with Crippen LogP contribution in [0.5, 0.6) is 0 Å². The third-order valence-electron chi connectivity index (χ3n) is 4.07. The minimum atomic E-state index is -0.952. The number of amides is 1. The second-order valence-corrected chi connectivity index (χ2v) is 5.43. The number of aromatic nitrogens is 2. The lowest BCUT2D eigenvalue weighted by molar-refractivity contribution is -0.141. The summed E-state index contributed by atoms with van der Waals surface area (Å²) in [6.45, 7) is 2.29. The Bertz CT molecular complexity index is 709. The van der Waals surface area contributed by atoms with E-state index in [1.54, 1.807) is 0 Å². The van der Waals surface area contributed by atoms with Crippen LogP contribution < -0.4 is 0 Å². The molecule has 22 heavy (non-hydrogen) atoms. The number of nitrogens with one attached hydrogen (secondary N) is 1. The normalized spacial score (nSPS) is 17.7. The highest BCUT2D eigenvalue weighted by Crippen LogP contribution is 2.26. The Labute approximate surface area is 127 Å². The van der Waals surface area contributed by atoms with Crippen LogP contribution in [0.1, 0.15) is 28.9 Å². The summed E-state index contributed by atoms with van der Waals surface area (Å²) in [6, 6.07) is 8.84. The van der Waals surface area contributed by atoms with Crippen LogP contribution in [0.25, 0.3) is 11.3 Å². The van der Waals surface area contributed by atoms with Crippen molar-refractivity contribution in [2.45, 2.75) is 25.8 Å². The van der Waals surface area contributed by atoms with Gasteiger partial charge in [-0.2, -0.15) is 5.10 Å². The molecule has 3 rings (SSSR count). The van der Waals surface area contributed by atoms with E-state index in [0.29, 0.717) is 25.1 Å². The Kier molecular flexibility index (Phi) is 3.66. The molecule has 6 heteroatoms. The number of aliphatic carboxylic acids is 1. The van der Waals surface area contributed by atoms with Crippen molar-refractivity contribution in [3.05, 3.63) is 41.6 Å². The molecule has 2 aromatic rings. The summed E-state index contributed by atoms with van der Waals surface area (Å²) in [6.07, 6.45) is 1.21. The molecule has 1 aromatic carbocycles. The first-order chi connectivity index (χ1) is 10.6. The number of nitrogens with zero attached hydrogens (tertiary/aromatic N) is 2. The van der Waals surface area contributed by atoms with Gasteiger partial charge in [0.15, 0.2) is 0 Å². The molecule has 1 amide bonds. The molecule has 0 unspecified atom stereocenters. The van der Waals surface area contributed by atoms with Gasteiger partial charge in [0.05, 0.1) is 5.69 Å². The Morgan fingerprint density at radius 1 is 1.32 bits per heavy atom. The lowest BCUT2D eigenvalue weighted by Gasteiger charge is -2.20. The minimum Gasteiger partial charge on any atom is -0.480 e. The molecule has 1 atom stereocenters. The van der Waals surface area contributed by atoms with E-state index in [9.17, 15) is 14.7 Å². The Balaban J connectivity index is 1.91. The van der Waals surface area contributed by atoms with E-state index in [0.717, 1.165) is 16.8 Å². The van der Waals surface area contributed by atoms with Crippen LogP contribution in [0.3, 0.4) is 0 Å². The van der Waals surface area contributed by atoms with Crippen LogP contribution in [0.4, 0.5) is 0 Å². The third-order valence-corrected chi connectivity index (χ3v) is 4.07. The highest BCUT2D eigenvalue weighted by Gasteiger charge is 2.35. The van der Waals surface area contributed by atoms with Crippen LogP contribution in [0.15, 0.2) is 30.3 Å². The molecule has 0 spiro atoms. The van der Waals surface area contributed by atoms with Crippen molar-refractivity contribution in [1.29, 1.82) is 0 Å². The van der Waals surface area contributed by atoms with E-state index in [-0.39, 0.29) is 5.91 Å². The largest absolute Gasteiger partial charge is 0.480 e. The Morgan fingerprint density at radius 2 is 2.05 bits per heavy atom. The predicted octanol–water partition coefficient (Wildman–Crippen LogP) is 2.07. The summed E-state index contributed by atoms with van der Waals surface area (Å²) in [4.78, 5) is 25.3. The van der Waals surface area contributed by atoms with Gasteiger partial charge in [-0.25, -0.2) is 4.79 Å². The minimum absolute atomic E-state index is 0.294. The van der Waals surface area contributed by atoms with Crippen LogP contribution >= 0.6 is 0 Å². The molecule has 6 nitrogen and oxygen atoms in total. The number of H-pyrrole nitrogens is 1. The maximum atomic E-state index is 12.6. The van der Waals surface area contributed by atoms with E-state index in [4.69, 9.17) is 0 Å². The quantitative estimate of drug-likeness (QED) is 0.908. The molecule has 1 fully saturated rings. The number of hydrogen-bond acceptors (Lipinski definition) is 3. The summed E-state index contributed by atoms with van der Waals surface area (Å²) >= 11 is 0. The lowest BCUT2D eigenvalue weighted by atomic mass is 10.1.